The zero-order chi connectivity index (χ0) is 17.7. The highest BCUT2D eigenvalue weighted by molar-refractivity contribution is 14.1. The average molecular weight is 501 g/mol. The highest BCUT2D eigenvalue weighted by atomic mass is 127. The molecular weight excluding hydrogens is 479 g/mol. The summed E-state index contributed by atoms with van der Waals surface area (Å²) in [6.45, 7) is 7.27. The molecule has 0 radical (unpaired) electrons. The van der Waals surface area contributed by atoms with Crippen molar-refractivity contribution in [1.82, 2.24) is 4.90 Å². The van der Waals surface area contributed by atoms with Crippen LogP contribution in [0.3, 0.4) is 0 Å². The van der Waals surface area contributed by atoms with Gasteiger partial charge in [-0.05, 0) is 100 Å². The van der Waals surface area contributed by atoms with Crippen LogP contribution in [-0.2, 0) is 0 Å². The van der Waals surface area contributed by atoms with Gasteiger partial charge in [0.05, 0.1) is 12.0 Å². The third-order valence-corrected chi connectivity index (χ3v) is 5.92. The van der Waals surface area contributed by atoms with E-state index < -0.39 is 0 Å². The van der Waals surface area contributed by atoms with Crippen molar-refractivity contribution in [3.8, 4) is 11.5 Å². The average Bonchev–Trinajstić information content (AvgIpc) is 2.53. The molecule has 0 aliphatic heterocycles. The minimum atomic E-state index is 0.823. The first-order valence-corrected chi connectivity index (χ1v) is 9.76. The van der Waals surface area contributed by atoms with Crippen LogP contribution in [0.5, 0.6) is 11.5 Å². The van der Waals surface area contributed by atoms with E-state index in [4.69, 9.17) is 4.74 Å². The van der Waals surface area contributed by atoms with Crippen molar-refractivity contribution in [3.63, 3.8) is 0 Å². The Balaban J connectivity index is 2.21. The second kappa shape index (κ2) is 8.85. The summed E-state index contributed by atoms with van der Waals surface area (Å²) in [5.74, 6) is 1.69. The second-order valence-corrected chi connectivity index (χ2v) is 7.82. The Morgan fingerprint density at radius 3 is 2.62 bits per heavy atom. The van der Waals surface area contributed by atoms with E-state index in [-0.39, 0.29) is 0 Å². The smallest absolute Gasteiger partial charge is 0.130 e. The summed E-state index contributed by atoms with van der Waals surface area (Å²) in [7, 11) is 2.04. The van der Waals surface area contributed by atoms with Gasteiger partial charge in [-0.25, -0.2) is 4.99 Å². The maximum atomic E-state index is 6.05. The minimum Gasteiger partial charge on any atom is -0.457 e. The first-order chi connectivity index (χ1) is 11.4. The van der Waals surface area contributed by atoms with Crippen molar-refractivity contribution < 1.29 is 4.74 Å². The molecular formula is C19H22BrIN2O. The number of halogens is 2. The lowest BCUT2D eigenvalue weighted by Gasteiger charge is -2.13. The van der Waals surface area contributed by atoms with Crippen LogP contribution in [0.15, 0.2) is 39.8 Å². The maximum absolute atomic E-state index is 6.05. The van der Waals surface area contributed by atoms with Crippen LogP contribution in [0.25, 0.3) is 0 Å². The number of hydrogen-bond donors (Lipinski definition) is 0. The van der Waals surface area contributed by atoms with Crippen LogP contribution in [0.4, 0.5) is 5.69 Å². The summed E-state index contributed by atoms with van der Waals surface area (Å²) in [4.78, 5) is 6.70. The molecule has 0 heterocycles. The van der Waals surface area contributed by atoms with Crippen LogP contribution < -0.4 is 4.74 Å². The van der Waals surface area contributed by atoms with Gasteiger partial charge in [-0.3, -0.25) is 0 Å². The molecule has 0 atom stereocenters. The Bertz CT molecular complexity index is 746. The lowest BCUT2D eigenvalue weighted by Crippen LogP contribution is -2.16. The number of benzene rings is 2. The predicted octanol–water partition coefficient (Wildman–Crippen LogP) is 6.46. The topological polar surface area (TPSA) is 24.8 Å². The van der Waals surface area contributed by atoms with Gasteiger partial charge in [-0.1, -0.05) is 6.92 Å². The Morgan fingerprint density at radius 2 is 1.96 bits per heavy atom. The van der Waals surface area contributed by atoms with Crippen LogP contribution in [-0.4, -0.2) is 24.8 Å². The second-order valence-electron chi connectivity index (χ2n) is 5.81. The van der Waals surface area contributed by atoms with Gasteiger partial charge < -0.3 is 9.64 Å². The van der Waals surface area contributed by atoms with E-state index in [1.54, 1.807) is 0 Å². The molecule has 2 aromatic rings. The number of aryl methyl sites for hydroxylation is 2. The van der Waals surface area contributed by atoms with Gasteiger partial charge in [-0.15, -0.1) is 0 Å². The van der Waals surface area contributed by atoms with E-state index in [0.717, 1.165) is 49.3 Å². The molecule has 0 aliphatic carbocycles. The Morgan fingerprint density at radius 1 is 1.21 bits per heavy atom. The monoisotopic (exact) mass is 500 g/mol. The fourth-order valence-electron chi connectivity index (χ4n) is 2.26. The van der Waals surface area contributed by atoms with Gasteiger partial charge in [0.2, 0.25) is 0 Å². The predicted molar refractivity (Wildman–Crippen MR) is 114 cm³/mol. The fraction of sp³-hybridized carbons (Fsp3) is 0.316. The van der Waals surface area contributed by atoms with Crippen molar-refractivity contribution in [2.75, 3.05) is 13.6 Å². The molecule has 0 bridgehead atoms. The molecule has 0 fully saturated rings. The van der Waals surface area contributed by atoms with E-state index >= 15 is 0 Å². The summed E-state index contributed by atoms with van der Waals surface area (Å²) in [6.07, 6.45) is 3.00. The highest BCUT2D eigenvalue weighted by Crippen LogP contribution is 2.33. The van der Waals surface area contributed by atoms with Crippen LogP contribution in [0.2, 0.25) is 0 Å². The van der Waals surface area contributed by atoms with Crippen molar-refractivity contribution in [2.45, 2.75) is 27.2 Å². The quantitative estimate of drug-likeness (QED) is 0.258. The standard InChI is InChI=1S/C19H22BrIN2O/c1-5-8-23(4)12-22-18-9-14(3)19(10-13(18)2)24-15-6-7-17(21)16(20)11-15/h6-7,9-12H,5,8H2,1-4H3. The maximum Gasteiger partial charge on any atom is 0.130 e. The summed E-state index contributed by atoms with van der Waals surface area (Å²) < 4.78 is 8.25. The molecule has 0 saturated heterocycles. The first-order valence-electron chi connectivity index (χ1n) is 7.89. The van der Waals surface area contributed by atoms with Gasteiger partial charge in [0.25, 0.3) is 0 Å². The summed E-state index contributed by atoms with van der Waals surface area (Å²) in [6, 6.07) is 10.1. The van der Waals surface area contributed by atoms with Crippen molar-refractivity contribution >= 4 is 50.5 Å². The molecule has 2 aromatic carbocycles. The van der Waals surface area contributed by atoms with Crippen molar-refractivity contribution in [2.24, 2.45) is 4.99 Å². The van der Waals surface area contributed by atoms with Gasteiger partial charge >= 0.3 is 0 Å². The molecule has 24 heavy (non-hydrogen) atoms. The third kappa shape index (κ3) is 5.21. The zero-order valence-electron chi connectivity index (χ0n) is 14.4. The van der Waals surface area contributed by atoms with Crippen molar-refractivity contribution in [3.05, 3.63) is 49.5 Å². The van der Waals surface area contributed by atoms with Crippen LogP contribution >= 0.6 is 38.5 Å². The molecule has 0 spiro atoms. The molecule has 0 N–H and O–H groups in total. The van der Waals surface area contributed by atoms with Crippen LogP contribution in [0, 0.1) is 17.4 Å². The number of hydrogen-bond acceptors (Lipinski definition) is 2. The van der Waals surface area contributed by atoms with E-state index in [9.17, 15) is 0 Å². The van der Waals surface area contributed by atoms with Gasteiger partial charge in [0, 0.05) is 21.6 Å². The summed E-state index contributed by atoms with van der Waals surface area (Å²) >= 11 is 5.83. The molecule has 0 aliphatic rings. The molecule has 0 saturated carbocycles. The van der Waals surface area contributed by atoms with Crippen molar-refractivity contribution in [1.29, 1.82) is 0 Å². The normalized spacial score (nSPS) is 11.1. The first kappa shape index (κ1) is 19.2. The molecule has 3 nitrogen and oxygen atoms in total. The lowest BCUT2D eigenvalue weighted by molar-refractivity contribution is 0.478. The molecule has 2 rings (SSSR count). The lowest BCUT2D eigenvalue weighted by atomic mass is 10.1. The molecule has 0 aromatic heterocycles. The van der Waals surface area contributed by atoms with Gasteiger partial charge in [0.15, 0.2) is 0 Å². The Labute approximate surface area is 166 Å². The Kier molecular flexibility index (Phi) is 7.10. The number of aliphatic imine (C=N–C) groups is 1. The van der Waals surface area contributed by atoms with E-state index in [1.165, 1.54) is 0 Å². The SMILES string of the molecule is CCCN(C)C=Nc1cc(C)c(Oc2ccc(I)c(Br)c2)cc1C. The molecule has 5 heteroatoms. The largest absolute Gasteiger partial charge is 0.457 e. The highest BCUT2D eigenvalue weighted by Gasteiger charge is 2.07. The van der Waals surface area contributed by atoms with E-state index in [0.29, 0.717) is 0 Å². The molecule has 128 valence electrons. The van der Waals surface area contributed by atoms with Gasteiger partial charge in [0.1, 0.15) is 11.5 Å². The molecule has 0 unspecified atom stereocenters. The fourth-order valence-corrected chi connectivity index (χ4v) is 2.96. The molecule has 0 amide bonds. The third-order valence-electron chi connectivity index (χ3n) is 3.58. The van der Waals surface area contributed by atoms with E-state index in [1.807, 2.05) is 44.6 Å². The minimum absolute atomic E-state index is 0.823. The number of rotatable bonds is 6. The Hall–Kier alpha value is -1.08. The van der Waals surface area contributed by atoms with E-state index in [2.05, 4.69) is 68.3 Å². The zero-order valence-corrected chi connectivity index (χ0v) is 18.2. The summed E-state index contributed by atoms with van der Waals surface area (Å²) in [5, 5.41) is 0. The van der Waals surface area contributed by atoms with Gasteiger partial charge in [-0.2, -0.15) is 0 Å². The number of nitrogens with zero attached hydrogens (tertiary/aromatic N) is 2. The summed E-state index contributed by atoms with van der Waals surface area (Å²) in [5.41, 5.74) is 3.15. The number of ether oxygens (including phenoxy) is 1. The van der Waals surface area contributed by atoms with Crippen LogP contribution in [0.1, 0.15) is 24.5 Å².